The van der Waals surface area contributed by atoms with Crippen molar-refractivity contribution in [2.45, 2.75) is 43.5 Å². The van der Waals surface area contributed by atoms with E-state index in [1.165, 1.54) is 0 Å². The zero-order valence-corrected chi connectivity index (χ0v) is 9.68. The van der Waals surface area contributed by atoms with Crippen LogP contribution in [0.5, 0.6) is 0 Å². The van der Waals surface area contributed by atoms with Gasteiger partial charge in [0, 0.05) is 12.5 Å². The van der Waals surface area contributed by atoms with Gasteiger partial charge in [0.2, 0.25) is 5.91 Å². The maximum Gasteiger partial charge on any atom is 0.261 e. The van der Waals surface area contributed by atoms with E-state index in [0.29, 0.717) is 0 Å². The third-order valence-corrected chi connectivity index (χ3v) is 3.02. The number of amides is 1. The number of halogens is 3. The summed E-state index contributed by atoms with van der Waals surface area (Å²) in [7, 11) is 0. The zero-order valence-electron chi connectivity index (χ0n) is 8.93. The van der Waals surface area contributed by atoms with Crippen molar-refractivity contribution in [2.24, 2.45) is 0 Å². The molecule has 1 amide bonds. The molecule has 0 bridgehead atoms. The molecule has 1 saturated carbocycles. The molecule has 1 rings (SSSR count). The minimum absolute atomic E-state index is 0.00840. The molecule has 2 atom stereocenters. The van der Waals surface area contributed by atoms with Crippen LogP contribution < -0.4 is 5.32 Å². The van der Waals surface area contributed by atoms with Crippen molar-refractivity contribution in [1.29, 1.82) is 0 Å². The minimum Gasteiger partial charge on any atom is -0.375 e. The first-order chi connectivity index (χ1) is 7.59. The van der Waals surface area contributed by atoms with Crippen molar-refractivity contribution < 1.29 is 18.3 Å². The molecule has 1 N–H and O–H groups in total. The second-order valence-electron chi connectivity index (χ2n) is 3.84. The van der Waals surface area contributed by atoms with Gasteiger partial charge >= 0.3 is 0 Å². The molecular weight excluding hydrogens is 240 g/mol. The van der Waals surface area contributed by atoms with E-state index in [2.05, 4.69) is 10.1 Å². The monoisotopic (exact) mass is 255 g/mol. The first kappa shape index (κ1) is 13.6. The van der Waals surface area contributed by atoms with Gasteiger partial charge in [0.05, 0.1) is 12.0 Å². The molecule has 94 valence electrons. The van der Waals surface area contributed by atoms with Crippen LogP contribution in [0.2, 0.25) is 0 Å². The topological polar surface area (TPSA) is 38.3 Å². The second kappa shape index (κ2) is 7.01. The van der Waals surface area contributed by atoms with Crippen LogP contribution in [0.3, 0.4) is 0 Å². The Morgan fingerprint density at radius 1 is 1.50 bits per heavy atom. The lowest BCUT2D eigenvalue weighted by Gasteiger charge is -2.15. The fourth-order valence-electron chi connectivity index (χ4n) is 1.69. The van der Waals surface area contributed by atoms with E-state index in [1.807, 2.05) is 0 Å². The Bertz CT molecular complexity index is 229. The summed E-state index contributed by atoms with van der Waals surface area (Å²) >= 11 is 5.98. The van der Waals surface area contributed by atoms with Crippen LogP contribution in [0.25, 0.3) is 0 Å². The van der Waals surface area contributed by atoms with Gasteiger partial charge < -0.3 is 10.1 Å². The van der Waals surface area contributed by atoms with Crippen LogP contribution in [0, 0.1) is 0 Å². The standard InChI is InChI=1S/C10H16ClF2NO2/c11-7-2-1-3-8(7)14-10(15)4-5-16-6-9(12)13/h7-9H,1-6H2,(H,14,15). The lowest BCUT2D eigenvalue weighted by atomic mass is 10.2. The summed E-state index contributed by atoms with van der Waals surface area (Å²) in [6, 6.07) is 0.0178. The third kappa shape index (κ3) is 5.07. The molecule has 2 unspecified atom stereocenters. The van der Waals surface area contributed by atoms with Gasteiger partial charge in [-0.3, -0.25) is 4.79 Å². The van der Waals surface area contributed by atoms with Gasteiger partial charge in [0.25, 0.3) is 6.43 Å². The summed E-state index contributed by atoms with van der Waals surface area (Å²) < 4.78 is 28.0. The molecule has 0 spiro atoms. The predicted octanol–water partition coefficient (Wildman–Crippen LogP) is 1.93. The summed E-state index contributed by atoms with van der Waals surface area (Å²) in [4.78, 5) is 11.4. The highest BCUT2D eigenvalue weighted by Gasteiger charge is 2.26. The largest absolute Gasteiger partial charge is 0.375 e. The van der Waals surface area contributed by atoms with E-state index in [0.717, 1.165) is 19.3 Å². The number of nitrogens with one attached hydrogen (secondary N) is 1. The highest BCUT2D eigenvalue weighted by atomic mass is 35.5. The van der Waals surface area contributed by atoms with Crippen LogP contribution in [0.1, 0.15) is 25.7 Å². The Kier molecular flexibility index (Phi) is 5.98. The average molecular weight is 256 g/mol. The first-order valence-corrected chi connectivity index (χ1v) is 5.82. The molecule has 0 aromatic rings. The number of carbonyl (C=O) groups is 1. The molecule has 1 aliphatic carbocycles. The van der Waals surface area contributed by atoms with Gasteiger partial charge in [0.1, 0.15) is 6.61 Å². The molecule has 1 aliphatic rings. The van der Waals surface area contributed by atoms with Crippen LogP contribution in [0.4, 0.5) is 8.78 Å². The lowest BCUT2D eigenvalue weighted by Crippen LogP contribution is -2.38. The number of hydrogen-bond acceptors (Lipinski definition) is 2. The molecule has 0 heterocycles. The summed E-state index contributed by atoms with van der Waals surface area (Å²) in [5.41, 5.74) is 0. The van der Waals surface area contributed by atoms with Gasteiger partial charge in [-0.25, -0.2) is 8.78 Å². The molecular formula is C10H16ClF2NO2. The summed E-state index contributed by atoms with van der Waals surface area (Å²) in [5, 5.41) is 2.77. The lowest BCUT2D eigenvalue weighted by molar-refractivity contribution is -0.123. The Morgan fingerprint density at radius 2 is 2.25 bits per heavy atom. The van der Waals surface area contributed by atoms with Gasteiger partial charge in [-0.15, -0.1) is 11.6 Å². The van der Waals surface area contributed by atoms with E-state index < -0.39 is 13.0 Å². The first-order valence-electron chi connectivity index (χ1n) is 5.39. The van der Waals surface area contributed by atoms with E-state index >= 15 is 0 Å². The molecule has 6 heteroatoms. The summed E-state index contributed by atoms with van der Waals surface area (Å²) in [6.07, 6.45) is 0.435. The molecule has 16 heavy (non-hydrogen) atoms. The van der Waals surface area contributed by atoms with Gasteiger partial charge in [-0.05, 0) is 19.3 Å². The Morgan fingerprint density at radius 3 is 2.81 bits per heavy atom. The fourth-order valence-corrected chi connectivity index (χ4v) is 2.04. The van der Waals surface area contributed by atoms with Crippen molar-refractivity contribution in [2.75, 3.05) is 13.2 Å². The zero-order chi connectivity index (χ0) is 12.0. The number of carbonyl (C=O) groups excluding carboxylic acids is 1. The predicted molar refractivity (Wildman–Crippen MR) is 56.9 cm³/mol. The maximum absolute atomic E-state index is 11.7. The van der Waals surface area contributed by atoms with E-state index in [1.54, 1.807) is 0 Å². The highest BCUT2D eigenvalue weighted by Crippen LogP contribution is 2.23. The third-order valence-electron chi connectivity index (χ3n) is 2.50. The quantitative estimate of drug-likeness (QED) is 0.582. The van der Waals surface area contributed by atoms with Crippen molar-refractivity contribution in [3.8, 4) is 0 Å². The van der Waals surface area contributed by atoms with E-state index in [4.69, 9.17) is 11.6 Å². The summed E-state index contributed by atoms with van der Waals surface area (Å²) in [6.45, 7) is -0.593. The van der Waals surface area contributed by atoms with Crippen LogP contribution in [0.15, 0.2) is 0 Å². The van der Waals surface area contributed by atoms with Gasteiger partial charge in [0.15, 0.2) is 0 Å². The smallest absolute Gasteiger partial charge is 0.261 e. The Balaban J connectivity index is 2.06. The van der Waals surface area contributed by atoms with Gasteiger partial charge in [-0.1, -0.05) is 0 Å². The van der Waals surface area contributed by atoms with E-state index in [9.17, 15) is 13.6 Å². The number of alkyl halides is 3. The van der Waals surface area contributed by atoms with Crippen molar-refractivity contribution in [3.63, 3.8) is 0 Å². The Hall–Kier alpha value is -0.420. The average Bonchev–Trinajstić information content (AvgIpc) is 2.59. The van der Waals surface area contributed by atoms with Crippen molar-refractivity contribution >= 4 is 17.5 Å². The molecule has 0 aromatic heterocycles. The molecule has 0 radical (unpaired) electrons. The fraction of sp³-hybridized carbons (Fsp3) is 0.900. The molecule has 0 aromatic carbocycles. The maximum atomic E-state index is 11.7. The molecule has 0 aliphatic heterocycles. The van der Waals surface area contributed by atoms with Crippen molar-refractivity contribution in [3.05, 3.63) is 0 Å². The van der Waals surface area contributed by atoms with Gasteiger partial charge in [-0.2, -0.15) is 0 Å². The number of ether oxygens (including phenoxy) is 1. The van der Waals surface area contributed by atoms with Crippen LogP contribution >= 0.6 is 11.6 Å². The van der Waals surface area contributed by atoms with Crippen molar-refractivity contribution in [1.82, 2.24) is 5.32 Å². The SMILES string of the molecule is O=C(CCOCC(F)F)NC1CCCC1Cl. The molecule has 3 nitrogen and oxygen atoms in total. The number of hydrogen-bond donors (Lipinski definition) is 1. The minimum atomic E-state index is -2.48. The highest BCUT2D eigenvalue weighted by molar-refractivity contribution is 6.21. The Labute approximate surface area is 98.5 Å². The van der Waals surface area contributed by atoms with Crippen LogP contribution in [-0.4, -0.2) is 37.0 Å². The molecule has 1 fully saturated rings. The second-order valence-corrected chi connectivity index (χ2v) is 4.40. The van der Waals surface area contributed by atoms with Crippen LogP contribution in [-0.2, 0) is 9.53 Å². The molecule has 0 saturated heterocycles. The normalized spacial score (nSPS) is 25.0. The number of rotatable bonds is 6. The van der Waals surface area contributed by atoms with E-state index in [-0.39, 0.29) is 30.4 Å². The summed E-state index contributed by atoms with van der Waals surface area (Å²) in [5.74, 6) is -0.188.